The molecule has 1 aromatic heterocycles. The second-order valence-corrected chi connectivity index (χ2v) is 4.52. The van der Waals surface area contributed by atoms with Gasteiger partial charge in [-0.2, -0.15) is 0 Å². The van der Waals surface area contributed by atoms with Crippen LogP contribution in [0.5, 0.6) is 0 Å². The lowest BCUT2D eigenvalue weighted by Crippen LogP contribution is -2.41. The van der Waals surface area contributed by atoms with Gasteiger partial charge in [0.15, 0.2) is 0 Å². The van der Waals surface area contributed by atoms with Gasteiger partial charge in [0.2, 0.25) is 0 Å². The number of ether oxygens (including phenoxy) is 1. The molecular formula is C14H17N3O. The van der Waals surface area contributed by atoms with Gasteiger partial charge in [0.1, 0.15) is 6.17 Å². The lowest BCUT2D eigenvalue weighted by molar-refractivity contribution is -0.0422. The van der Waals surface area contributed by atoms with Crippen molar-refractivity contribution in [2.45, 2.75) is 12.7 Å². The molecule has 18 heavy (non-hydrogen) atoms. The molecular weight excluding hydrogens is 226 g/mol. The van der Waals surface area contributed by atoms with Crippen molar-refractivity contribution in [3.8, 4) is 0 Å². The molecule has 1 saturated heterocycles. The Balaban J connectivity index is 1.76. The van der Waals surface area contributed by atoms with Crippen molar-refractivity contribution >= 4 is 0 Å². The fourth-order valence-corrected chi connectivity index (χ4v) is 2.35. The monoisotopic (exact) mass is 243 g/mol. The van der Waals surface area contributed by atoms with Gasteiger partial charge in [-0.1, -0.05) is 30.3 Å². The Bertz CT molecular complexity index is 469. The highest BCUT2D eigenvalue weighted by molar-refractivity contribution is 5.14. The van der Waals surface area contributed by atoms with Crippen LogP contribution in [0.3, 0.4) is 0 Å². The van der Waals surface area contributed by atoms with Crippen LogP contribution in [0.2, 0.25) is 0 Å². The van der Waals surface area contributed by atoms with Crippen LogP contribution in [0, 0.1) is 0 Å². The van der Waals surface area contributed by atoms with Crippen LogP contribution < -0.4 is 0 Å². The average molecular weight is 243 g/mol. The number of hydrogen-bond donors (Lipinski definition) is 0. The molecule has 4 nitrogen and oxygen atoms in total. The number of hydrogen-bond acceptors (Lipinski definition) is 3. The molecule has 3 rings (SSSR count). The number of imidazole rings is 1. The summed E-state index contributed by atoms with van der Waals surface area (Å²) in [5, 5.41) is 0. The molecule has 94 valence electrons. The van der Waals surface area contributed by atoms with Crippen molar-refractivity contribution < 1.29 is 4.74 Å². The first-order valence-electron chi connectivity index (χ1n) is 6.26. The highest BCUT2D eigenvalue weighted by Gasteiger charge is 2.23. The van der Waals surface area contributed by atoms with Crippen LogP contribution in [-0.2, 0) is 11.3 Å². The number of morpholine rings is 1. The number of benzene rings is 1. The lowest BCUT2D eigenvalue weighted by Gasteiger charge is -2.36. The number of rotatable bonds is 3. The minimum atomic E-state index is 0.251. The second-order valence-electron chi connectivity index (χ2n) is 4.52. The second kappa shape index (κ2) is 5.33. The number of aromatic nitrogens is 2. The summed E-state index contributed by atoms with van der Waals surface area (Å²) in [5.74, 6) is 0. The molecule has 1 aromatic carbocycles. The molecule has 2 aromatic rings. The van der Waals surface area contributed by atoms with E-state index in [1.807, 2.05) is 18.7 Å². The molecule has 1 aliphatic rings. The Hall–Kier alpha value is -1.65. The van der Waals surface area contributed by atoms with Gasteiger partial charge in [-0.25, -0.2) is 4.98 Å². The zero-order valence-corrected chi connectivity index (χ0v) is 10.3. The molecule has 1 unspecified atom stereocenters. The van der Waals surface area contributed by atoms with E-state index in [1.54, 1.807) is 0 Å². The lowest BCUT2D eigenvalue weighted by atomic mass is 10.2. The van der Waals surface area contributed by atoms with E-state index in [0.717, 1.165) is 26.3 Å². The Labute approximate surface area is 107 Å². The van der Waals surface area contributed by atoms with Gasteiger partial charge in [0.25, 0.3) is 0 Å². The van der Waals surface area contributed by atoms with E-state index >= 15 is 0 Å². The van der Waals surface area contributed by atoms with Crippen molar-refractivity contribution in [1.29, 1.82) is 0 Å². The summed E-state index contributed by atoms with van der Waals surface area (Å²) in [6.07, 6.45) is 5.92. The normalized spacial score (nSPS) is 21.0. The van der Waals surface area contributed by atoms with E-state index in [-0.39, 0.29) is 6.17 Å². The Kier molecular flexibility index (Phi) is 3.39. The first-order chi connectivity index (χ1) is 8.93. The molecule has 0 amide bonds. The van der Waals surface area contributed by atoms with Crippen LogP contribution in [0.15, 0.2) is 49.1 Å². The minimum Gasteiger partial charge on any atom is -0.377 e. The van der Waals surface area contributed by atoms with Crippen LogP contribution in [0.25, 0.3) is 0 Å². The maximum atomic E-state index is 5.58. The van der Waals surface area contributed by atoms with Crippen LogP contribution in [0.1, 0.15) is 11.7 Å². The van der Waals surface area contributed by atoms with Gasteiger partial charge in [0, 0.05) is 25.5 Å². The molecule has 0 saturated carbocycles. The molecule has 1 fully saturated rings. The zero-order chi connectivity index (χ0) is 12.2. The summed E-state index contributed by atoms with van der Waals surface area (Å²) in [7, 11) is 0. The quantitative estimate of drug-likeness (QED) is 0.825. The third-order valence-electron chi connectivity index (χ3n) is 3.31. The standard InChI is InChI=1S/C14H17N3O/c1-2-4-13(5-3-1)10-16-8-9-18-11-14(16)17-7-6-15-12-17/h1-7,12,14H,8-11H2. The van der Waals surface area contributed by atoms with Crippen molar-refractivity contribution in [3.05, 3.63) is 54.6 Å². The van der Waals surface area contributed by atoms with Gasteiger partial charge in [-0.15, -0.1) is 0 Å². The van der Waals surface area contributed by atoms with E-state index in [0.29, 0.717) is 0 Å². The molecule has 0 spiro atoms. The summed E-state index contributed by atoms with van der Waals surface area (Å²) in [6.45, 7) is 3.44. The summed E-state index contributed by atoms with van der Waals surface area (Å²) in [5.41, 5.74) is 1.34. The van der Waals surface area contributed by atoms with Gasteiger partial charge in [-0.05, 0) is 5.56 Å². The highest BCUT2D eigenvalue weighted by atomic mass is 16.5. The predicted octanol–water partition coefficient (Wildman–Crippen LogP) is 1.91. The maximum Gasteiger partial charge on any atom is 0.111 e. The van der Waals surface area contributed by atoms with E-state index < -0.39 is 0 Å². The predicted molar refractivity (Wildman–Crippen MR) is 68.9 cm³/mol. The van der Waals surface area contributed by atoms with Gasteiger partial charge < -0.3 is 9.30 Å². The smallest absolute Gasteiger partial charge is 0.111 e. The molecule has 0 N–H and O–H groups in total. The first kappa shape index (κ1) is 11.4. The molecule has 1 atom stereocenters. The first-order valence-corrected chi connectivity index (χ1v) is 6.26. The van der Waals surface area contributed by atoms with Gasteiger partial charge >= 0.3 is 0 Å². The Morgan fingerprint density at radius 2 is 2.17 bits per heavy atom. The SMILES string of the molecule is c1ccc(CN2CCOCC2n2ccnc2)cc1. The summed E-state index contributed by atoms with van der Waals surface area (Å²) in [4.78, 5) is 6.55. The van der Waals surface area contributed by atoms with E-state index in [2.05, 4.69) is 44.8 Å². The van der Waals surface area contributed by atoms with E-state index in [9.17, 15) is 0 Å². The molecule has 1 aliphatic heterocycles. The summed E-state index contributed by atoms with van der Waals surface area (Å²) in [6, 6.07) is 10.6. The van der Waals surface area contributed by atoms with Crippen molar-refractivity contribution in [3.63, 3.8) is 0 Å². The largest absolute Gasteiger partial charge is 0.377 e. The third-order valence-corrected chi connectivity index (χ3v) is 3.31. The minimum absolute atomic E-state index is 0.251. The maximum absolute atomic E-state index is 5.58. The molecule has 0 radical (unpaired) electrons. The molecule has 2 heterocycles. The zero-order valence-electron chi connectivity index (χ0n) is 10.3. The Morgan fingerprint density at radius 3 is 2.94 bits per heavy atom. The third kappa shape index (κ3) is 2.44. The highest BCUT2D eigenvalue weighted by Crippen LogP contribution is 2.20. The fourth-order valence-electron chi connectivity index (χ4n) is 2.35. The average Bonchev–Trinajstić information content (AvgIpc) is 2.94. The van der Waals surface area contributed by atoms with Crippen LogP contribution >= 0.6 is 0 Å². The summed E-state index contributed by atoms with van der Waals surface area (Å²) >= 11 is 0. The van der Waals surface area contributed by atoms with E-state index in [4.69, 9.17) is 4.74 Å². The number of nitrogens with zero attached hydrogens (tertiary/aromatic N) is 3. The Morgan fingerprint density at radius 1 is 1.28 bits per heavy atom. The molecule has 0 bridgehead atoms. The van der Waals surface area contributed by atoms with E-state index in [1.165, 1.54) is 5.56 Å². The van der Waals surface area contributed by atoms with Crippen molar-refractivity contribution in [2.24, 2.45) is 0 Å². The fraction of sp³-hybridized carbons (Fsp3) is 0.357. The van der Waals surface area contributed by atoms with Gasteiger partial charge in [0.05, 0.1) is 19.5 Å². The topological polar surface area (TPSA) is 30.3 Å². The molecule has 0 aliphatic carbocycles. The molecule has 4 heteroatoms. The summed E-state index contributed by atoms with van der Waals surface area (Å²) < 4.78 is 7.70. The van der Waals surface area contributed by atoms with Crippen molar-refractivity contribution in [2.75, 3.05) is 19.8 Å². The van der Waals surface area contributed by atoms with Crippen LogP contribution in [-0.4, -0.2) is 34.2 Å². The van der Waals surface area contributed by atoms with Crippen LogP contribution in [0.4, 0.5) is 0 Å². The van der Waals surface area contributed by atoms with Crippen molar-refractivity contribution in [1.82, 2.24) is 14.5 Å². The van der Waals surface area contributed by atoms with Gasteiger partial charge in [-0.3, -0.25) is 4.90 Å².